The molecule has 2 fully saturated rings. The molecule has 0 bridgehead atoms. The van der Waals surface area contributed by atoms with E-state index in [1.165, 1.54) is 0 Å². The van der Waals surface area contributed by atoms with E-state index in [9.17, 15) is 9.59 Å². The number of aromatic amines is 1. The zero-order valence-corrected chi connectivity index (χ0v) is 16.4. The fraction of sp³-hybridized carbons (Fsp3) is 0.500. The van der Waals surface area contributed by atoms with Crippen molar-refractivity contribution in [2.24, 2.45) is 5.92 Å². The number of carbonyl (C=O) groups excluding carboxylic acids is 2. The SMILES string of the molecule is Cc1cccc(C(=O)N2CCC[C@@H](c3[nH]ncc3NC(=O)C3CCCC3)C2)c1. The maximum absolute atomic E-state index is 12.9. The van der Waals surface area contributed by atoms with Crippen LogP contribution in [0, 0.1) is 12.8 Å². The second-order valence-corrected chi connectivity index (χ2v) is 8.13. The quantitative estimate of drug-likeness (QED) is 0.845. The van der Waals surface area contributed by atoms with Crippen LogP contribution in [0.5, 0.6) is 0 Å². The number of nitrogens with one attached hydrogen (secondary N) is 2. The number of H-pyrrole nitrogens is 1. The topological polar surface area (TPSA) is 78.1 Å². The van der Waals surface area contributed by atoms with E-state index in [0.717, 1.165) is 67.6 Å². The molecule has 1 aromatic heterocycles. The highest BCUT2D eigenvalue weighted by Crippen LogP contribution is 2.32. The minimum Gasteiger partial charge on any atom is -0.338 e. The Balaban J connectivity index is 1.46. The van der Waals surface area contributed by atoms with E-state index in [2.05, 4.69) is 15.5 Å². The molecule has 2 aliphatic rings. The van der Waals surface area contributed by atoms with E-state index >= 15 is 0 Å². The summed E-state index contributed by atoms with van der Waals surface area (Å²) < 4.78 is 0. The van der Waals surface area contributed by atoms with E-state index in [-0.39, 0.29) is 23.7 Å². The van der Waals surface area contributed by atoms with Gasteiger partial charge in [0.25, 0.3) is 5.91 Å². The molecule has 2 aromatic rings. The molecule has 0 unspecified atom stereocenters. The predicted molar refractivity (Wildman–Crippen MR) is 108 cm³/mol. The van der Waals surface area contributed by atoms with Crippen molar-refractivity contribution >= 4 is 17.5 Å². The molecular formula is C22H28N4O2. The van der Waals surface area contributed by atoms with Crippen molar-refractivity contribution < 1.29 is 9.59 Å². The average molecular weight is 380 g/mol. The van der Waals surface area contributed by atoms with Gasteiger partial charge in [0.2, 0.25) is 5.91 Å². The Morgan fingerprint density at radius 3 is 2.79 bits per heavy atom. The van der Waals surface area contributed by atoms with Crippen LogP contribution in [-0.2, 0) is 4.79 Å². The zero-order valence-electron chi connectivity index (χ0n) is 16.4. The molecule has 2 N–H and O–H groups in total. The Hall–Kier alpha value is -2.63. The fourth-order valence-corrected chi connectivity index (χ4v) is 4.49. The third-order valence-electron chi connectivity index (χ3n) is 6.03. The highest BCUT2D eigenvalue weighted by molar-refractivity contribution is 5.95. The minimum absolute atomic E-state index is 0.0736. The van der Waals surface area contributed by atoms with Gasteiger partial charge in [0.05, 0.1) is 17.6 Å². The number of carbonyl (C=O) groups is 2. The molecule has 4 rings (SSSR count). The van der Waals surface area contributed by atoms with Crippen molar-refractivity contribution in [1.82, 2.24) is 15.1 Å². The Morgan fingerprint density at radius 1 is 1.18 bits per heavy atom. The van der Waals surface area contributed by atoms with Crippen molar-refractivity contribution in [2.45, 2.75) is 51.4 Å². The molecule has 2 amide bonds. The van der Waals surface area contributed by atoms with Crippen LogP contribution in [0.15, 0.2) is 30.5 Å². The third kappa shape index (κ3) is 3.96. The lowest BCUT2D eigenvalue weighted by atomic mass is 9.93. The number of benzene rings is 1. The first kappa shape index (κ1) is 18.7. The number of hydrogen-bond acceptors (Lipinski definition) is 3. The Morgan fingerprint density at radius 2 is 2.00 bits per heavy atom. The summed E-state index contributed by atoms with van der Waals surface area (Å²) in [6, 6.07) is 7.74. The smallest absolute Gasteiger partial charge is 0.253 e. The van der Waals surface area contributed by atoms with Crippen LogP contribution < -0.4 is 5.32 Å². The summed E-state index contributed by atoms with van der Waals surface area (Å²) in [5.41, 5.74) is 3.53. The summed E-state index contributed by atoms with van der Waals surface area (Å²) in [4.78, 5) is 27.4. The standard InChI is InChI=1S/C22H28N4O2/c1-15-6-4-9-17(12-15)22(28)26-11-5-10-18(14-26)20-19(13-23-25-20)24-21(27)16-7-2-3-8-16/h4,6,9,12-13,16,18H,2-3,5,7-8,10-11,14H2,1H3,(H,23,25)(H,24,27)/t18-/m1/s1. The number of piperidine rings is 1. The van der Waals surface area contributed by atoms with Crippen LogP contribution in [0.1, 0.15) is 66.1 Å². The van der Waals surface area contributed by atoms with Crippen molar-refractivity contribution in [3.05, 3.63) is 47.3 Å². The van der Waals surface area contributed by atoms with E-state index in [1.807, 2.05) is 36.1 Å². The number of anilines is 1. The first-order valence-electron chi connectivity index (χ1n) is 10.3. The summed E-state index contributed by atoms with van der Waals surface area (Å²) in [7, 11) is 0. The molecule has 1 saturated carbocycles. The van der Waals surface area contributed by atoms with Gasteiger partial charge in [-0.05, 0) is 44.7 Å². The third-order valence-corrected chi connectivity index (χ3v) is 6.03. The van der Waals surface area contributed by atoms with Gasteiger partial charge in [0.15, 0.2) is 0 Å². The predicted octanol–water partition coefficient (Wildman–Crippen LogP) is 3.87. The van der Waals surface area contributed by atoms with Crippen molar-refractivity contribution in [2.75, 3.05) is 18.4 Å². The Bertz CT molecular complexity index is 854. The maximum atomic E-state index is 12.9. The molecular weight excluding hydrogens is 352 g/mol. The summed E-state index contributed by atoms with van der Waals surface area (Å²) in [5.74, 6) is 0.450. The molecule has 2 heterocycles. The summed E-state index contributed by atoms with van der Waals surface area (Å²) >= 11 is 0. The van der Waals surface area contributed by atoms with Crippen LogP contribution in [0.25, 0.3) is 0 Å². The lowest BCUT2D eigenvalue weighted by molar-refractivity contribution is -0.119. The Labute approximate surface area is 165 Å². The van der Waals surface area contributed by atoms with Gasteiger partial charge in [-0.3, -0.25) is 14.7 Å². The maximum Gasteiger partial charge on any atom is 0.253 e. The second-order valence-electron chi connectivity index (χ2n) is 8.13. The fourth-order valence-electron chi connectivity index (χ4n) is 4.49. The van der Waals surface area contributed by atoms with Gasteiger partial charge in [-0.2, -0.15) is 5.10 Å². The number of aromatic nitrogens is 2. The first-order chi connectivity index (χ1) is 13.6. The molecule has 1 aliphatic heterocycles. The van der Waals surface area contributed by atoms with Crippen LogP contribution in [0.4, 0.5) is 5.69 Å². The molecule has 1 aromatic carbocycles. The average Bonchev–Trinajstić information content (AvgIpc) is 3.39. The van der Waals surface area contributed by atoms with Crippen molar-refractivity contribution in [3.8, 4) is 0 Å². The molecule has 0 spiro atoms. The van der Waals surface area contributed by atoms with Gasteiger partial charge in [-0.25, -0.2) is 0 Å². The number of nitrogens with zero attached hydrogens (tertiary/aromatic N) is 2. The van der Waals surface area contributed by atoms with E-state index in [1.54, 1.807) is 6.20 Å². The molecule has 28 heavy (non-hydrogen) atoms. The number of rotatable bonds is 4. The molecule has 1 saturated heterocycles. The second kappa shape index (κ2) is 8.17. The number of amides is 2. The lowest BCUT2D eigenvalue weighted by Crippen LogP contribution is -2.39. The summed E-state index contributed by atoms with van der Waals surface area (Å²) in [5, 5.41) is 10.3. The zero-order chi connectivity index (χ0) is 19.5. The Kier molecular flexibility index (Phi) is 5.46. The summed E-state index contributed by atoms with van der Waals surface area (Å²) in [6.07, 6.45) is 7.83. The van der Waals surface area contributed by atoms with Crippen LogP contribution in [0.2, 0.25) is 0 Å². The van der Waals surface area contributed by atoms with E-state index in [0.29, 0.717) is 6.54 Å². The monoisotopic (exact) mass is 380 g/mol. The highest BCUT2D eigenvalue weighted by Gasteiger charge is 2.29. The molecule has 1 aliphatic carbocycles. The van der Waals surface area contributed by atoms with E-state index < -0.39 is 0 Å². The van der Waals surface area contributed by atoms with E-state index in [4.69, 9.17) is 0 Å². The van der Waals surface area contributed by atoms with Gasteiger partial charge < -0.3 is 10.2 Å². The molecule has 1 atom stereocenters. The molecule has 6 heteroatoms. The number of likely N-dealkylation sites (tertiary alicyclic amines) is 1. The van der Waals surface area contributed by atoms with Gasteiger partial charge >= 0.3 is 0 Å². The molecule has 6 nitrogen and oxygen atoms in total. The van der Waals surface area contributed by atoms with Crippen LogP contribution >= 0.6 is 0 Å². The summed E-state index contributed by atoms with van der Waals surface area (Å²) in [6.45, 7) is 3.40. The van der Waals surface area contributed by atoms with Crippen LogP contribution in [-0.4, -0.2) is 40.0 Å². The van der Waals surface area contributed by atoms with Gasteiger partial charge in [0, 0.05) is 30.5 Å². The van der Waals surface area contributed by atoms with Crippen LogP contribution in [0.3, 0.4) is 0 Å². The van der Waals surface area contributed by atoms with Gasteiger partial charge in [-0.1, -0.05) is 30.5 Å². The first-order valence-corrected chi connectivity index (χ1v) is 10.3. The normalized spacial score (nSPS) is 20.3. The number of hydrogen-bond donors (Lipinski definition) is 2. The number of aryl methyl sites for hydroxylation is 1. The molecule has 148 valence electrons. The largest absolute Gasteiger partial charge is 0.338 e. The van der Waals surface area contributed by atoms with Crippen molar-refractivity contribution in [3.63, 3.8) is 0 Å². The van der Waals surface area contributed by atoms with Gasteiger partial charge in [-0.15, -0.1) is 0 Å². The highest BCUT2D eigenvalue weighted by atomic mass is 16.2. The minimum atomic E-state index is 0.0736. The van der Waals surface area contributed by atoms with Gasteiger partial charge in [0.1, 0.15) is 0 Å². The lowest BCUT2D eigenvalue weighted by Gasteiger charge is -2.33. The van der Waals surface area contributed by atoms with Crippen molar-refractivity contribution in [1.29, 1.82) is 0 Å². The molecule has 0 radical (unpaired) electrons.